The highest BCUT2D eigenvalue weighted by Gasteiger charge is 2.12. The van der Waals surface area contributed by atoms with Crippen LogP contribution in [0.2, 0.25) is 0 Å². The van der Waals surface area contributed by atoms with E-state index in [0.717, 1.165) is 26.7 Å². The van der Waals surface area contributed by atoms with E-state index in [1.165, 1.54) is 0 Å². The smallest absolute Gasteiger partial charge is 0.268 e. The Balaban J connectivity index is -0.000000704. The number of ether oxygens (including phenoxy) is 25. The Bertz CT molecular complexity index is 2200. The van der Waals surface area contributed by atoms with Gasteiger partial charge >= 0.3 is 0 Å². The maximum absolute atomic E-state index is 11.5. The third-order valence-corrected chi connectivity index (χ3v) is 16.0. The quantitative estimate of drug-likeness (QED) is 0.0503. The molecule has 0 fully saturated rings. The lowest BCUT2D eigenvalue weighted by Crippen LogP contribution is -2.16. The number of methoxy groups -OCH3 is 4. The van der Waals surface area contributed by atoms with Crippen LogP contribution < -0.4 is 29.4 Å². The Labute approximate surface area is 666 Å². The molecule has 0 N–H and O–H groups in total. The summed E-state index contributed by atoms with van der Waals surface area (Å²) in [5.41, 5.74) is 0. The Morgan fingerprint density at radius 2 is 0.221 bits per heavy atom. The summed E-state index contributed by atoms with van der Waals surface area (Å²) in [4.78, 5) is 65.9. The first-order chi connectivity index (χ1) is 54.2. The van der Waals surface area contributed by atoms with Crippen molar-refractivity contribution in [3.63, 3.8) is 0 Å². The van der Waals surface area contributed by atoms with E-state index in [9.17, 15) is 56.8 Å². The second-order valence-electron chi connectivity index (χ2n) is 21.5. The molecular formula is C62H132O45P6-6. The molecule has 113 heavy (non-hydrogen) atoms. The second-order valence-corrected chi connectivity index (χ2v) is 31.5. The highest BCUT2D eigenvalue weighted by molar-refractivity contribution is 7.51. The zero-order chi connectivity index (χ0) is 84.5. The largest absolute Gasteiger partial charge is 0.779 e. The van der Waals surface area contributed by atoms with Gasteiger partial charge in [0, 0.05) is 55.1 Å². The molecule has 0 saturated heterocycles. The van der Waals surface area contributed by atoms with Gasteiger partial charge < -0.3 is 202 Å². The van der Waals surface area contributed by atoms with Crippen molar-refractivity contribution in [2.75, 3.05) is 412 Å². The molecule has 0 spiro atoms. The summed E-state index contributed by atoms with van der Waals surface area (Å²) >= 11 is 0. The fourth-order valence-corrected chi connectivity index (χ4v) is 9.40. The van der Waals surface area contributed by atoms with Crippen molar-refractivity contribution >= 4 is 46.0 Å². The Morgan fingerprint density at radius 1 is 0.142 bits per heavy atom. The van der Waals surface area contributed by atoms with E-state index in [4.69, 9.17) is 118 Å². The summed E-state index contributed by atoms with van der Waals surface area (Å²) in [6, 6.07) is 0. The monoisotopic (exact) mass is 1780 g/mol. The molecule has 6 atom stereocenters. The minimum atomic E-state index is -4.43. The van der Waals surface area contributed by atoms with Crippen LogP contribution in [-0.4, -0.2) is 412 Å². The van der Waals surface area contributed by atoms with Gasteiger partial charge in [0.25, 0.3) is 15.6 Å². The van der Waals surface area contributed by atoms with E-state index in [1.807, 2.05) is 0 Å². The molecule has 45 nitrogen and oxygen atoms in total. The molecule has 0 saturated carbocycles. The van der Waals surface area contributed by atoms with Crippen molar-refractivity contribution in [3.05, 3.63) is 0 Å². The summed E-state index contributed by atoms with van der Waals surface area (Å²) in [7, 11) is -17.2. The molecule has 0 amide bonds. The number of hydrogen-bond acceptors (Lipinski definition) is 45. The summed E-state index contributed by atoms with van der Waals surface area (Å²) in [6.07, 6.45) is 0. The molecule has 51 heteroatoms. The molecule has 0 rings (SSSR count). The van der Waals surface area contributed by atoms with Crippen LogP contribution in [0.25, 0.3) is 0 Å². The van der Waals surface area contributed by atoms with Gasteiger partial charge in [-0.15, -0.1) is 0 Å². The van der Waals surface area contributed by atoms with E-state index < -0.39 is 46.0 Å². The minimum Gasteiger partial charge on any atom is -0.779 e. The first-order valence-corrected chi connectivity index (χ1v) is 47.0. The van der Waals surface area contributed by atoms with Crippen LogP contribution in [0, 0.1) is 0 Å². The highest BCUT2D eigenvalue weighted by Crippen LogP contribution is 2.38. The van der Waals surface area contributed by atoms with Gasteiger partial charge in [0.1, 0.15) is 30.4 Å². The van der Waals surface area contributed by atoms with Gasteiger partial charge in [0.05, 0.1) is 357 Å². The van der Waals surface area contributed by atoms with Crippen molar-refractivity contribution < 1.29 is 211 Å². The van der Waals surface area contributed by atoms with Gasteiger partial charge in [-0.2, -0.15) is 0 Å². The van der Waals surface area contributed by atoms with E-state index in [1.54, 1.807) is 28.4 Å². The van der Waals surface area contributed by atoms with Gasteiger partial charge in [-0.05, 0) is 0 Å². The fraction of sp³-hybridized carbons (Fsp3) is 1.00. The SMILES string of the molecule is COCCOCCOCCOCCOCCOCCOCCOCCOP(C)(=O)[O-].COCCOCCOCCOCCOCCOCCOP(C)(=O)[O-].COCCOCCOCCOCCOP(=O)([O-])OCCOCCOCCOP(C)(=O)[O-].COCCOCCOCCOP(=O)([O-])OCCOCCOCCOP(C)(=O)[O-]. The van der Waals surface area contributed by atoms with Gasteiger partial charge in [-0.3, -0.25) is 9.13 Å². The molecule has 0 aliphatic carbocycles. The molecule has 0 bridgehead atoms. The van der Waals surface area contributed by atoms with E-state index >= 15 is 0 Å². The molecule has 6 unspecified atom stereocenters. The van der Waals surface area contributed by atoms with Crippen LogP contribution in [0.5, 0.6) is 0 Å². The van der Waals surface area contributed by atoms with Gasteiger partial charge in [0.2, 0.25) is 0 Å². The lowest BCUT2D eigenvalue weighted by atomic mass is 10.6. The molecular weight excluding hydrogens is 1650 g/mol. The predicted octanol–water partition coefficient (Wildman–Crippen LogP) is -1.32. The third-order valence-electron chi connectivity index (χ3n) is 11.4. The normalized spacial score (nSPS) is 14.8. The lowest BCUT2D eigenvalue weighted by Gasteiger charge is -2.22. The first kappa shape index (κ1) is 119. The maximum atomic E-state index is 11.5. The lowest BCUT2D eigenvalue weighted by molar-refractivity contribution is -0.228. The van der Waals surface area contributed by atoms with Crippen LogP contribution in [0.1, 0.15) is 0 Å². The van der Waals surface area contributed by atoms with Crippen molar-refractivity contribution in [1.82, 2.24) is 0 Å². The molecule has 0 aromatic rings. The van der Waals surface area contributed by atoms with Crippen molar-refractivity contribution in [2.45, 2.75) is 0 Å². The van der Waals surface area contributed by atoms with Crippen molar-refractivity contribution in [2.24, 2.45) is 0 Å². The van der Waals surface area contributed by atoms with Gasteiger partial charge in [0.15, 0.2) is 0 Å². The molecule has 686 valence electrons. The van der Waals surface area contributed by atoms with Gasteiger partial charge in [-0.25, -0.2) is 0 Å². The predicted molar refractivity (Wildman–Crippen MR) is 392 cm³/mol. The van der Waals surface area contributed by atoms with Crippen LogP contribution in [-0.2, 0) is 182 Å². The molecule has 0 aromatic carbocycles. The standard InChI is InChI=1S/C18H39O11P.C16H36O13P2.C14H32O12P2.C14H31O9P/c1-21-3-4-22-5-6-23-7-8-24-9-10-25-11-12-26-13-14-27-15-16-28-17-18-29-30(2,19)20;1-21-3-4-22-5-6-23-7-8-25-12-15-28-31(19,20)29-16-13-26-10-9-24-11-14-27-30(2,17)18;1-19-3-4-20-5-6-22-10-13-25-28(17,18)26-14-11-23-8-7-21-9-12-24-27(2,15)16;1-17-3-4-18-5-6-19-7-8-20-9-10-21-11-12-22-13-14-23-24(2,15)16/h3-18H2,1-2H3,(H,19,20);3-16H2,1-2H3,(H,17,18)(H,19,20);3-14H2,1-2H3,(H,15,16)(H,17,18);3-14H2,1-2H3,(H,15,16)/p-6. The summed E-state index contributed by atoms with van der Waals surface area (Å²) < 4.78 is 232. The zero-order valence-electron chi connectivity index (χ0n) is 67.2. The summed E-state index contributed by atoms with van der Waals surface area (Å²) in [5, 5.41) is 0. The Kier molecular flexibility index (Phi) is 96.0. The number of rotatable bonds is 89. The molecule has 0 aliphatic heterocycles. The molecule has 0 aliphatic rings. The topological polar surface area (TPSA) is 545 Å². The third kappa shape index (κ3) is 123. The summed E-state index contributed by atoms with van der Waals surface area (Å²) in [6.45, 7) is 20.9. The van der Waals surface area contributed by atoms with E-state index in [0.29, 0.717) is 225 Å². The van der Waals surface area contributed by atoms with Gasteiger partial charge in [-0.1, -0.05) is 0 Å². The number of phosphoric acid groups is 2. The molecule has 0 aromatic heterocycles. The van der Waals surface area contributed by atoms with Crippen LogP contribution in [0.4, 0.5) is 0 Å². The van der Waals surface area contributed by atoms with Crippen molar-refractivity contribution in [1.29, 1.82) is 0 Å². The van der Waals surface area contributed by atoms with Crippen LogP contribution in [0.15, 0.2) is 0 Å². The molecule has 0 radical (unpaired) electrons. The van der Waals surface area contributed by atoms with E-state index in [2.05, 4.69) is 36.2 Å². The Morgan fingerprint density at radius 3 is 0.310 bits per heavy atom. The fourth-order valence-electron chi connectivity index (χ4n) is 6.43. The average molecular weight is 1780 g/mol. The Hall–Kier alpha value is -0.180. The van der Waals surface area contributed by atoms with Crippen LogP contribution in [0.3, 0.4) is 0 Å². The zero-order valence-corrected chi connectivity index (χ0v) is 72.6. The second kappa shape index (κ2) is 91.0. The average Bonchev–Trinajstić information content (AvgIpc) is 0.948. The minimum absolute atomic E-state index is 0.0171. The summed E-state index contributed by atoms with van der Waals surface area (Å²) in [5.74, 6) is 0. The number of hydrogen-bond donors (Lipinski definition) is 0. The highest BCUT2D eigenvalue weighted by atomic mass is 31.2. The van der Waals surface area contributed by atoms with E-state index in [-0.39, 0.29) is 132 Å². The number of phosphoric ester groups is 2. The van der Waals surface area contributed by atoms with Crippen LogP contribution >= 0.6 is 46.0 Å². The molecule has 0 heterocycles. The van der Waals surface area contributed by atoms with Crippen molar-refractivity contribution in [3.8, 4) is 0 Å². The first-order valence-electron chi connectivity index (χ1n) is 36.2. The maximum Gasteiger partial charge on any atom is 0.268 e.